The Morgan fingerprint density at radius 1 is 1.45 bits per heavy atom. The molecule has 5 nitrogen and oxygen atoms in total. The summed E-state index contributed by atoms with van der Waals surface area (Å²) < 4.78 is 39.8. The molecule has 0 spiro atoms. The Kier molecular flexibility index (Phi) is 11.0. The summed E-state index contributed by atoms with van der Waals surface area (Å²) in [4.78, 5) is 8.87. The molecule has 1 aliphatic rings. The fraction of sp³-hybridized carbons (Fsp3) is 0.700. The molecule has 3 atom stereocenters. The number of nitrogens with two attached hydrogens (primary N) is 1. The Morgan fingerprint density at radius 2 is 2.17 bits per heavy atom. The summed E-state index contributed by atoms with van der Waals surface area (Å²) in [6, 6.07) is -0.0207. The van der Waals surface area contributed by atoms with Crippen molar-refractivity contribution in [3.8, 4) is 0 Å². The van der Waals surface area contributed by atoms with E-state index in [1.807, 2.05) is 39.1 Å². The summed E-state index contributed by atoms with van der Waals surface area (Å²) in [5.41, 5.74) is 6.69. The number of halogens is 3. The van der Waals surface area contributed by atoms with Crippen LogP contribution in [0.25, 0.3) is 0 Å². The SMILES string of the molecule is C\C=C/C1=C(N)/N=C\C(C)/N=C\C(C)(NCCCC(CC)NSCC(F)(F)F)C1. The highest BCUT2D eigenvalue weighted by atomic mass is 32.2. The third kappa shape index (κ3) is 10.9. The molecule has 29 heavy (non-hydrogen) atoms. The molecule has 0 aromatic heterocycles. The van der Waals surface area contributed by atoms with Crippen LogP contribution in [-0.4, -0.2) is 48.5 Å². The average molecular weight is 434 g/mol. The van der Waals surface area contributed by atoms with Crippen molar-refractivity contribution in [3.05, 3.63) is 23.5 Å². The van der Waals surface area contributed by atoms with Gasteiger partial charge in [0.1, 0.15) is 11.6 Å². The largest absolute Gasteiger partial charge is 0.399 e. The van der Waals surface area contributed by atoms with Gasteiger partial charge in [0.15, 0.2) is 0 Å². The Bertz CT molecular complexity index is 616. The van der Waals surface area contributed by atoms with Crippen molar-refractivity contribution in [2.24, 2.45) is 15.7 Å². The zero-order chi connectivity index (χ0) is 21.9. The highest BCUT2D eigenvalue weighted by molar-refractivity contribution is 7.97. The van der Waals surface area contributed by atoms with Crippen LogP contribution in [0, 0.1) is 0 Å². The van der Waals surface area contributed by atoms with Gasteiger partial charge in [0.2, 0.25) is 0 Å². The molecule has 166 valence electrons. The number of nitrogens with zero attached hydrogens (tertiary/aromatic N) is 2. The van der Waals surface area contributed by atoms with Crippen LogP contribution in [0.5, 0.6) is 0 Å². The molecule has 3 unspecified atom stereocenters. The van der Waals surface area contributed by atoms with Gasteiger partial charge in [0, 0.05) is 18.5 Å². The first kappa shape index (κ1) is 25.7. The van der Waals surface area contributed by atoms with E-state index in [9.17, 15) is 13.2 Å². The molecule has 0 saturated carbocycles. The van der Waals surface area contributed by atoms with Gasteiger partial charge in [-0.05, 0) is 58.6 Å². The number of hydrogen-bond acceptors (Lipinski definition) is 6. The van der Waals surface area contributed by atoms with E-state index in [4.69, 9.17) is 5.73 Å². The minimum Gasteiger partial charge on any atom is -0.383 e. The van der Waals surface area contributed by atoms with Gasteiger partial charge in [-0.25, -0.2) is 4.99 Å². The van der Waals surface area contributed by atoms with Crippen LogP contribution in [-0.2, 0) is 0 Å². The maximum absolute atomic E-state index is 12.3. The van der Waals surface area contributed by atoms with Crippen LogP contribution >= 0.6 is 11.9 Å². The van der Waals surface area contributed by atoms with E-state index < -0.39 is 11.9 Å². The number of nitrogens with one attached hydrogen (secondary N) is 2. The first-order valence-corrected chi connectivity index (χ1v) is 11.0. The normalized spacial score (nSPS) is 29.3. The summed E-state index contributed by atoms with van der Waals surface area (Å²) in [7, 11) is 0. The van der Waals surface area contributed by atoms with Crippen LogP contribution in [0.3, 0.4) is 0 Å². The monoisotopic (exact) mass is 433 g/mol. The summed E-state index contributed by atoms with van der Waals surface area (Å²) >= 11 is 0.734. The predicted molar refractivity (Wildman–Crippen MR) is 118 cm³/mol. The summed E-state index contributed by atoms with van der Waals surface area (Å²) in [5, 5.41) is 3.54. The molecule has 0 bridgehead atoms. The fourth-order valence-corrected chi connectivity index (χ4v) is 3.65. The van der Waals surface area contributed by atoms with Gasteiger partial charge in [-0.1, -0.05) is 31.0 Å². The Balaban J connectivity index is 2.62. The van der Waals surface area contributed by atoms with Gasteiger partial charge in [0.25, 0.3) is 0 Å². The molecule has 1 heterocycles. The van der Waals surface area contributed by atoms with Crippen molar-refractivity contribution >= 4 is 24.4 Å². The fourth-order valence-electron chi connectivity index (χ4n) is 2.89. The molecular formula is C20H34F3N5S. The lowest BCUT2D eigenvalue weighted by Gasteiger charge is -2.28. The first-order valence-electron chi connectivity index (χ1n) is 9.97. The second kappa shape index (κ2) is 12.4. The predicted octanol–water partition coefficient (Wildman–Crippen LogP) is 4.37. The lowest BCUT2D eigenvalue weighted by Crippen LogP contribution is -2.45. The zero-order valence-corrected chi connectivity index (χ0v) is 18.5. The molecule has 0 radical (unpaired) electrons. The van der Waals surface area contributed by atoms with Gasteiger partial charge < -0.3 is 11.1 Å². The number of hydrogen-bond donors (Lipinski definition) is 3. The highest BCUT2D eigenvalue weighted by Crippen LogP contribution is 2.22. The lowest BCUT2D eigenvalue weighted by atomic mass is 9.93. The highest BCUT2D eigenvalue weighted by Gasteiger charge is 2.27. The van der Waals surface area contributed by atoms with E-state index in [2.05, 4.69) is 26.9 Å². The molecule has 0 amide bonds. The van der Waals surface area contributed by atoms with E-state index >= 15 is 0 Å². The molecule has 9 heteroatoms. The summed E-state index contributed by atoms with van der Waals surface area (Å²) in [5.74, 6) is -0.386. The van der Waals surface area contributed by atoms with E-state index in [-0.39, 0.29) is 17.6 Å². The smallest absolute Gasteiger partial charge is 0.383 e. The van der Waals surface area contributed by atoms with Gasteiger partial charge in [0.05, 0.1) is 11.6 Å². The van der Waals surface area contributed by atoms with Crippen LogP contribution in [0.1, 0.15) is 53.4 Å². The van der Waals surface area contributed by atoms with Crippen LogP contribution in [0.4, 0.5) is 13.2 Å². The Morgan fingerprint density at radius 3 is 2.79 bits per heavy atom. The molecule has 1 aliphatic heterocycles. The van der Waals surface area contributed by atoms with Crippen LogP contribution in [0.15, 0.2) is 33.5 Å². The van der Waals surface area contributed by atoms with Crippen molar-refractivity contribution in [2.45, 2.75) is 77.2 Å². The number of rotatable bonds is 10. The molecule has 1 rings (SSSR count). The first-order chi connectivity index (χ1) is 13.6. The van der Waals surface area contributed by atoms with Gasteiger partial charge in [-0.15, -0.1) is 0 Å². The molecule has 0 aromatic rings. The molecule has 0 saturated heterocycles. The Labute approximate surface area is 176 Å². The van der Waals surface area contributed by atoms with Gasteiger partial charge in [-0.3, -0.25) is 9.71 Å². The molecule has 0 aromatic carbocycles. The second-order valence-electron chi connectivity index (χ2n) is 7.50. The Hall–Kier alpha value is -1.32. The third-order valence-electron chi connectivity index (χ3n) is 4.52. The average Bonchev–Trinajstić information content (AvgIpc) is 2.69. The number of alkyl halides is 3. The van der Waals surface area contributed by atoms with Crippen molar-refractivity contribution in [1.82, 2.24) is 10.0 Å². The zero-order valence-electron chi connectivity index (χ0n) is 17.7. The van der Waals surface area contributed by atoms with E-state index in [1.165, 1.54) is 0 Å². The van der Waals surface area contributed by atoms with E-state index in [1.54, 1.807) is 6.21 Å². The van der Waals surface area contributed by atoms with Crippen molar-refractivity contribution in [1.29, 1.82) is 0 Å². The quantitative estimate of drug-likeness (QED) is 0.353. The van der Waals surface area contributed by atoms with E-state index in [0.29, 0.717) is 12.2 Å². The summed E-state index contributed by atoms with van der Waals surface area (Å²) in [6.07, 6.45) is 6.46. The minimum atomic E-state index is -4.15. The second-order valence-corrected chi connectivity index (χ2v) is 8.31. The molecular weight excluding hydrogens is 399 g/mol. The van der Waals surface area contributed by atoms with Crippen molar-refractivity contribution in [3.63, 3.8) is 0 Å². The minimum absolute atomic E-state index is 0.0497. The van der Waals surface area contributed by atoms with E-state index in [0.717, 1.165) is 43.3 Å². The topological polar surface area (TPSA) is 74.8 Å². The molecule has 0 aliphatic carbocycles. The number of aliphatic imine (C=N–C) groups is 2. The van der Waals surface area contributed by atoms with Crippen LogP contribution < -0.4 is 15.8 Å². The van der Waals surface area contributed by atoms with Crippen molar-refractivity contribution in [2.75, 3.05) is 12.3 Å². The molecule has 0 fully saturated rings. The van der Waals surface area contributed by atoms with Crippen molar-refractivity contribution < 1.29 is 13.2 Å². The summed E-state index contributed by atoms with van der Waals surface area (Å²) in [6.45, 7) is 8.66. The maximum atomic E-state index is 12.3. The standard InChI is InChI=1S/C20H34F3N5S/c1-5-8-16-11-19(4,13-26-15(3)12-25-18(16)24)27-10-7-9-17(6-2)28-29-14-20(21,22)23/h5,8,12-13,15,17,27-28H,6-7,9-11,14,24H2,1-4H3/b8-5-,18-16-,25-12-,26-13-. The van der Waals surface area contributed by atoms with Gasteiger partial charge in [-0.2, -0.15) is 13.2 Å². The number of allylic oxidation sites excluding steroid dienone is 2. The maximum Gasteiger partial charge on any atom is 0.399 e. The van der Waals surface area contributed by atoms with Gasteiger partial charge >= 0.3 is 6.18 Å². The molecule has 4 N–H and O–H groups in total. The van der Waals surface area contributed by atoms with Crippen LogP contribution in [0.2, 0.25) is 0 Å². The third-order valence-corrected chi connectivity index (χ3v) is 5.49. The lowest BCUT2D eigenvalue weighted by molar-refractivity contribution is -0.105.